The molecule has 0 bridgehead atoms. The molecule has 102 valence electrons. The van der Waals surface area contributed by atoms with Gasteiger partial charge in [0.15, 0.2) is 0 Å². The maximum absolute atomic E-state index is 10.1. The van der Waals surface area contributed by atoms with Gasteiger partial charge < -0.3 is 14.4 Å². The van der Waals surface area contributed by atoms with E-state index >= 15 is 0 Å². The van der Waals surface area contributed by atoms with Crippen molar-refractivity contribution in [3.63, 3.8) is 0 Å². The Morgan fingerprint density at radius 2 is 2.28 bits per heavy atom. The van der Waals surface area contributed by atoms with Crippen LogP contribution in [0.4, 0.5) is 0 Å². The minimum atomic E-state index is -0.478. The van der Waals surface area contributed by atoms with Gasteiger partial charge in [-0.3, -0.25) is 4.90 Å². The first-order valence-electron chi connectivity index (χ1n) is 6.48. The van der Waals surface area contributed by atoms with Gasteiger partial charge in [-0.05, 0) is 20.3 Å². The summed E-state index contributed by atoms with van der Waals surface area (Å²) >= 11 is 0. The molecular formula is C13H23N3O2. The van der Waals surface area contributed by atoms with Crippen molar-refractivity contribution in [3.8, 4) is 0 Å². The topological polar surface area (TPSA) is 50.5 Å². The van der Waals surface area contributed by atoms with Gasteiger partial charge >= 0.3 is 0 Å². The summed E-state index contributed by atoms with van der Waals surface area (Å²) in [4.78, 5) is 6.66. The van der Waals surface area contributed by atoms with Crippen molar-refractivity contribution in [2.45, 2.75) is 45.1 Å². The van der Waals surface area contributed by atoms with Gasteiger partial charge in [-0.15, -0.1) is 0 Å². The number of ether oxygens (including phenoxy) is 1. The molecule has 0 saturated heterocycles. The van der Waals surface area contributed by atoms with E-state index in [0.717, 1.165) is 38.4 Å². The van der Waals surface area contributed by atoms with E-state index in [2.05, 4.69) is 14.5 Å². The number of aromatic nitrogens is 2. The molecule has 1 aromatic rings. The molecule has 2 rings (SSSR count). The third-order valence-corrected chi connectivity index (χ3v) is 3.87. The SMILES string of the molecule is COC(C)(C)C(O)CCN1CCn2ccnc2C1. The summed E-state index contributed by atoms with van der Waals surface area (Å²) in [5.41, 5.74) is -0.478. The number of hydrogen-bond acceptors (Lipinski definition) is 4. The second-order valence-corrected chi connectivity index (χ2v) is 5.43. The van der Waals surface area contributed by atoms with Crippen LogP contribution >= 0.6 is 0 Å². The zero-order valence-corrected chi connectivity index (χ0v) is 11.5. The van der Waals surface area contributed by atoms with E-state index in [1.54, 1.807) is 7.11 Å². The van der Waals surface area contributed by atoms with E-state index in [1.807, 2.05) is 26.2 Å². The largest absolute Gasteiger partial charge is 0.390 e. The van der Waals surface area contributed by atoms with Gasteiger partial charge in [0.05, 0.1) is 18.2 Å². The molecule has 1 N–H and O–H groups in total. The van der Waals surface area contributed by atoms with E-state index in [9.17, 15) is 5.11 Å². The molecule has 1 aliphatic rings. The lowest BCUT2D eigenvalue weighted by Gasteiger charge is -2.32. The highest BCUT2D eigenvalue weighted by Crippen LogP contribution is 2.18. The molecule has 5 heteroatoms. The molecule has 5 nitrogen and oxygen atoms in total. The van der Waals surface area contributed by atoms with Crippen LogP contribution in [0.1, 0.15) is 26.1 Å². The van der Waals surface area contributed by atoms with Gasteiger partial charge in [-0.25, -0.2) is 4.98 Å². The van der Waals surface area contributed by atoms with Crippen molar-refractivity contribution in [2.75, 3.05) is 20.2 Å². The Morgan fingerprint density at radius 1 is 1.50 bits per heavy atom. The van der Waals surface area contributed by atoms with Crippen LogP contribution in [0.3, 0.4) is 0 Å². The minimum absolute atomic E-state index is 0.441. The van der Waals surface area contributed by atoms with Crippen LogP contribution in [-0.2, 0) is 17.8 Å². The Kier molecular flexibility index (Phi) is 4.04. The van der Waals surface area contributed by atoms with Gasteiger partial charge in [0, 0.05) is 39.1 Å². The van der Waals surface area contributed by atoms with E-state index in [1.165, 1.54) is 0 Å². The van der Waals surface area contributed by atoms with Crippen molar-refractivity contribution in [2.24, 2.45) is 0 Å². The first-order chi connectivity index (χ1) is 8.53. The predicted molar refractivity (Wildman–Crippen MR) is 69.2 cm³/mol. The summed E-state index contributed by atoms with van der Waals surface area (Å²) in [7, 11) is 1.64. The average Bonchev–Trinajstić information content (AvgIpc) is 2.83. The number of aliphatic hydroxyl groups is 1. The molecule has 1 aromatic heterocycles. The summed E-state index contributed by atoms with van der Waals surface area (Å²) in [6.45, 7) is 7.58. The van der Waals surface area contributed by atoms with Crippen molar-refractivity contribution in [1.82, 2.24) is 14.5 Å². The summed E-state index contributed by atoms with van der Waals surface area (Å²) in [6, 6.07) is 0. The molecule has 0 aromatic carbocycles. The quantitative estimate of drug-likeness (QED) is 0.846. The molecule has 0 radical (unpaired) electrons. The maximum Gasteiger partial charge on any atom is 0.122 e. The van der Waals surface area contributed by atoms with Crippen LogP contribution in [0.2, 0.25) is 0 Å². The molecular weight excluding hydrogens is 230 g/mol. The Labute approximate surface area is 108 Å². The molecule has 0 aliphatic carbocycles. The lowest BCUT2D eigenvalue weighted by atomic mass is 9.98. The molecule has 0 fully saturated rings. The van der Waals surface area contributed by atoms with E-state index in [-0.39, 0.29) is 0 Å². The first-order valence-corrected chi connectivity index (χ1v) is 6.48. The third kappa shape index (κ3) is 2.91. The fraction of sp³-hybridized carbons (Fsp3) is 0.769. The molecule has 0 spiro atoms. The molecule has 2 heterocycles. The zero-order chi connectivity index (χ0) is 13.2. The number of methoxy groups -OCH3 is 1. The van der Waals surface area contributed by atoms with E-state index in [0.29, 0.717) is 0 Å². The first kappa shape index (κ1) is 13.5. The third-order valence-electron chi connectivity index (χ3n) is 3.87. The highest BCUT2D eigenvalue weighted by atomic mass is 16.5. The van der Waals surface area contributed by atoms with Crippen LogP contribution in [-0.4, -0.2) is 51.5 Å². The fourth-order valence-electron chi connectivity index (χ4n) is 2.20. The fourth-order valence-corrected chi connectivity index (χ4v) is 2.20. The van der Waals surface area contributed by atoms with Crippen LogP contribution < -0.4 is 0 Å². The highest BCUT2D eigenvalue weighted by molar-refractivity contribution is 4.95. The van der Waals surface area contributed by atoms with Crippen molar-refractivity contribution >= 4 is 0 Å². The number of imidazole rings is 1. The number of nitrogens with zero attached hydrogens (tertiary/aromatic N) is 3. The molecule has 18 heavy (non-hydrogen) atoms. The lowest BCUT2D eigenvalue weighted by molar-refractivity contribution is -0.0828. The summed E-state index contributed by atoms with van der Waals surface area (Å²) < 4.78 is 7.48. The van der Waals surface area contributed by atoms with Crippen LogP contribution in [0.15, 0.2) is 12.4 Å². The van der Waals surface area contributed by atoms with Crippen molar-refractivity contribution in [3.05, 3.63) is 18.2 Å². The van der Waals surface area contributed by atoms with Crippen LogP contribution in [0.5, 0.6) is 0 Å². The Bertz CT molecular complexity index is 389. The standard InChI is InChI=1S/C13H23N3O2/c1-13(2,18-3)11(17)4-6-15-8-9-16-7-5-14-12(16)10-15/h5,7,11,17H,4,6,8-10H2,1-3H3. The number of fused-ring (bicyclic) bond motifs is 1. The highest BCUT2D eigenvalue weighted by Gasteiger charge is 2.28. The van der Waals surface area contributed by atoms with E-state index < -0.39 is 11.7 Å². The van der Waals surface area contributed by atoms with Crippen LogP contribution in [0.25, 0.3) is 0 Å². The summed E-state index contributed by atoms with van der Waals surface area (Å²) in [6.07, 6.45) is 4.16. The Morgan fingerprint density at radius 3 is 3.00 bits per heavy atom. The second kappa shape index (κ2) is 5.38. The van der Waals surface area contributed by atoms with Crippen molar-refractivity contribution in [1.29, 1.82) is 0 Å². The molecule has 1 aliphatic heterocycles. The molecule has 0 amide bonds. The number of rotatable bonds is 5. The van der Waals surface area contributed by atoms with Crippen LogP contribution in [0, 0.1) is 0 Å². The van der Waals surface area contributed by atoms with Gasteiger partial charge in [-0.2, -0.15) is 0 Å². The zero-order valence-electron chi connectivity index (χ0n) is 11.5. The second-order valence-electron chi connectivity index (χ2n) is 5.43. The molecule has 1 atom stereocenters. The summed E-state index contributed by atoms with van der Waals surface area (Å²) in [5, 5.41) is 10.1. The Balaban J connectivity index is 1.82. The van der Waals surface area contributed by atoms with E-state index in [4.69, 9.17) is 4.74 Å². The van der Waals surface area contributed by atoms with Gasteiger partial charge in [0.25, 0.3) is 0 Å². The summed E-state index contributed by atoms with van der Waals surface area (Å²) in [5.74, 6) is 1.11. The maximum atomic E-state index is 10.1. The monoisotopic (exact) mass is 253 g/mol. The normalized spacial score (nSPS) is 18.7. The number of hydrogen-bond donors (Lipinski definition) is 1. The van der Waals surface area contributed by atoms with Gasteiger partial charge in [0.1, 0.15) is 5.82 Å². The van der Waals surface area contributed by atoms with Crippen molar-refractivity contribution < 1.29 is 9.84 Å². The molecule has 0 saturated carbocycles. The average molecular weight is 253 g/mol. The molecule has 1 unspecified atom stereocenters. The Hall–Kier alpha value is -0.910. The number of aliphatic hydroxyl groups excluding tert-OH is 1. The van der Waals surface area contributed by atoms with Gasteiger partial charge in [0.2, 0.25) is 0 Å². The smallest absolute Gasteiger partial charge is 0.122 e. The lowest BCUT2D eigenvalue weighted by Crippen LogP contribution is -2.42. The van der Waals surface area contributed by atoms with Gasteiger partial charge in [-0.1, -0.05) is 0 Å². The predicted octanol–water partition coefficient (Wildman–Crippen LogP) is 0.875. The minimum Gasteiger partial charge on any atom is -0.390 e.